The van der Waals surface area contributed by atoms with Gasteiger partial charge < -0.3 is 9.47 Å². The van der Waals surface area contributed by atoms with Gasteiger partial charge in [-0.1, -0.05) is 12.2 Å². The normalized spacial score (nSPS) is 31.3. The van der Waals surface area contributed by atoms with Crippen LogP contribution in [0.3, 0.4) is 0 Å². The van der Waals surface area contributed by atoms with Crippen molar-refractivity contribution in [2.75, 3.05) is 7.11 Å². The van der Waals surface area contributed by atoms with E-state index in [0.29, 0.717) is 12.2 Å². The Morgan fingerprint density at radius 1 is 1.45 bits per heavy atom. The highest BCUT2D eigenvalue weighted by Crippen LogP contribution is 2.23. The van der Waals surface area contributed by atoms with Gasteiger partial charge in [-0.25, -0.2) is 0 Å². The fourth-order valence-electron chi connectivity index (χ4n) is 0.799. The van der Waals surface area contributed by atoms with E-state index in [2.05, 4.69) is 13.0 Å². The van der Waals surface area contributed by atoms with Crippen LogP contribution in [0.2, 0.25) is 0 Å². The van der Waals surface area contributed by atoms with Gasteiger partial charge in [-0.15, -0.1) is 0 Å². The van der Waals surface area contributed by atoms with Gasteiger partial charge in [-0.3, -0.25) is 0 Å². The Bertz CT molecular complexity index is 161. The first kappa shape index (κ1) is 8.75. The van der Waals surface area contributed by atoms with Crippen molar-refractivity contribution in [1.82, 2.24) is 0 Å². The predicted octanol–water partition coefficient (Wildman–Crippen LogP) is 1.75. The lowest BCUT2D eigenvalue weighted by molar-refractivity contribution is 0.0652. The smallest absolute Gasteiger partial charge is 0.102 e. The lowest BCUT2D eigenvalue weighted by Crippen LogP contribution is -2.18. The Labute approximate surface area is 68.2 Å². The molecular weight excluding hydrogens is 140 g/mol. The van der Waals surface area contributed by atoms with E-state index in [-0.39, 0.29) is 5.60 Å². The Morgan fingerprint density at radius 2 is 2.00 bits per heavy atom. The van der Waals surface area contributed by atoms with Gasteiger partial charge in [0, 0.05) is 7.11 Å². The molecule has 0 aromatic carbocycles. The highest BCUT2D eigenvalue weighted by Gasteiger charge is 2.31. The molecule has 0 aliphatic carbocycles. The van der Waals surface area contributed by atoms with Crippen LogP contribution < -0.4 is 0 Å². The molecule has 0 unspecified atom stereocenters. The topological polar surface area (TPSA) is 21.8 Å². The molecule has 2 nitrogen and oxygen atoms in total. The lowest BCUT2D eigenvalue weighted by Gasteiger charge is -2.17. The maximum atomic E-state index is 5.21. The largest absolute Gasteiger partial charge is 0.375 e. The summed E-state index contributed by atoms with van der Waals surface area (Å²) in [6.45, 7) is 6.11. The summed E-state index contributed by atoms with van der Waals surface area (Å²) in [5.74, 6) is 0. The summed E-state index contributed by atoms with van der Waals surface area (Å²) in [5, 5.41) is 0. The van der Waals surface area contributed by atoms with Crippen LogP contribution in [0.15, 0.2) is 12.2 Å². The molecule has 1 rings (SSSR count). The Hall–Kier alpha value is -0.340. The van der Waals surface area contributed by atoms with E-state index in [4.69, 9.17) is 9.47 Å². The molecule has 0 spiro atoms. The quantitative estimate of drug-likeness (QED) is 0.458. The molecule has 1 heterocycles. The summed E-state index contributed by atoms with van der Waals surface area (Å²) >= 11 is 0. The monoisotopic (exact) mass is 156 g/mol. The summed E-state index contributed by atoms with van der Waals surface area (Å²) in [5.41, 5.74) is -0.161. The summed E-state index contributed by atoms with van der Waals surface area (Å²) in [4.78, 5) is 0. The van der Waals surface area contributed by atoms with Crippen molar-refractivity contribution in [3.63, 3.8) is 0 Å². The predicted molar refractivity (Wildman–Crippen MR) is 44.6 cm³/mol. The zero-order chi connectivity index (χ0) is 8.48. The summed E-state index contributed by atoms with van der Waals surface area (Å²) in [6, 6.07) is 0. The number of rotatable bonds is 3. The molecule has 0 saturated carbocycles. The van der Waals surface area contributed by atoms with E-state index in [1.54, 1.807) is 7.11 Å². The van der Waals surface area contributed by atoms with E-state index in [1.165, 1.54) is 0 Å². The van der Waals surface area contributed by atoms with Gasteiger partial charge in [-0.05, 0) is 20.8 Å². The second-order valence-corrected chi connectivity index (χ2v) is 3.47. The zero-order valence-electron chi connectivity index (χ0n) is 7.63. The van der Waals surface area contributed by atoms with Crippen molar-refractivity contribution in [3.05, 3.63) is 12.2 Å². The highest BCUT2D eigenvalue weighted by molar-refractivity contribution is 5.06. The van der Waals surface area contributed by atoms with E-state index in [9.17, 15) is 0 Å². The maximum absolute atomic E-state index is 5.21. The van der Waals surface area contributed by atoms with Crippen molar-refractivity contribution >= 4 is 0 Å². The molecule has 1 fully saturated rings. The average Bonchev–Trinajstić information content (AvgIpc) is 2.63. The molecule has 64 valence electrons. The molecule has 0 aromatic rings. The molecular formula is C9H16O2. The first-order valence-electron chi connectivity index (χ1n) is 3.95. The fraction of sp³-hybridized carbons (Fsp3) is 0.778. The third-order valence-corrected chi connectivity index (χ3v) is 1.97. The first-order valence-corrected chi connectivity index (χ1v) is 3.95. The Balaban J connectivity index is 2.34. The van der Waals surface area contributed by atoms with Crippen molar-refractivity contribution < 1.29 is 9.47 Å². The molecule has 2 heteroatoms. The molecule has 0 radical (unpaired) electrons. The number of epoxide rings is 1. The molecule has 1 aliphatic heterocycles. The Kier molecular flexibility index (Phi) is 2.35. The van der Waals surface area contributed by atoms with Crippen molar-refractivity contribution in [2.24, 2.45) is 0 Å². The lowest BCUT2D eigenvalue weighted by atomic mass is 10.1. The highest BCUT2D eigenvalue weighted by atomic mass is 16.6. The molecule has 0 N–H and O–H groups in total. The molecule has 1 aliphatic rings. The van der Waals surface area contributed by atoms with E-state index >= 15 is 0 Å². The van der Waals surface area contributed by atoms with Crippen LogP contribution in [-0.4, -0.2) is 24.9 Å². The van der Waals surface area contributed by atoms with E-state index in [0.717, 1.165) is 0 Å². The molecule has 0 amide bonds. The summed E-state index contributed by atoms with van der Waals surface area (Å²) < 4.78 is 10.4. The van der Waals surface area contributed by atoms with Gasteiger partial charge in [0.1, 0.15) is 6.10 Å². The van der Waals surface area contributed by atoms with Crippen molar-refractivity contribution in [1.29, 1.82) is 0 Å². The van der Waals surface area contributed by atoms with E-state index < -0.39 is 0 Å². The zero-order valence-corrected chi connectivity index (χ0v) is 7.63. The van der Waals surface area contributed by atoms with Crippen LogP contribution in [-0.2, 0) is 9.47 Å². The van der Waals surface area contributed by atoms with Crippen LogP contribution >= 0.6 is 0 Å². The number of methoxy groups -OCH3 is 1. The van der Waals surface area contributed by atoms with Gasteiger partial charge in [0.25, 0.3) is 0 Å². The Morgan fingerprint density at radius 3 is 2.36 bits per heavy atom. The second kappa shape index (κ2) is 2.95. The van der Waals surface area contributed by atoms with Crippen LogP contribution in [0, 0.1) is 0 Å². The van der Waals surface area contributed by atoms with Crippen LogP contribution in [0.4, 0.5) is 0 Å². The number of hydrogen-bond donors (Lipinski definition) is 0. The standard InChI is InChI=1S/C9H16O2/c1-7-8(11-7)5-6-9(2,3)10-4/h5-8H,1-4H3/b6-5+/t7-,8-/m1/s1. The third kappa shape index (κ3) is 2.64. The SMILES string of the molecule is COC(C)(C)/C=C/[C@H]1O[C@@H]1C. The molecule has 2 atom stereocenters. The minimum absolute atomic E-state index is 0.161. The van der Waals surface area contributed by atoms with E-state index in [1.807, 2.05) is 19.9 Å². The van der Waals surface area contributed by atoms with Gasteiger partial charge in [0.2, 0.25) is 0 Å². The fourth-order valence-corrected chi connectivity index (χ4v) is 0.799. The molecule has 0 aromatic heterocycles. The molecule has 0 bridgehead atoms. The van der Waals surface area contributed by atoms with Gasteiger partial charge in [0.15, 0.2) is 0 Å². The van der Waals surface area contributed by atoms with Gasteiger partial charge in [0.05, 0.1) is 11.7 Å². The van der Waals surface area contributed by atoms with Crippen molar-refractivity contribution in [2.45, 2.75) is 38.6 Å². The first-order chi connectivity index (χ1) is 5.05. The van der Waals surface area contributed by atoms with Gasteiger partial charge in [-0.2, -0.15) is 0 Å². The van der Waals surface area contributed by atoms with Crippen LogP contribution in [0.25, 0.3) is 0 Å². The third-order valence-electron chi connectivity index (χ3n) is 1.97. The van der Waals surface area contributed by atoms with Crippen LogP contribution in [0.1, 0.15) is 20.8 Å². The second-order valence-electron chi connectivity index (χ2n) is 3.47. The van der Waals surface area contributed by atoms with Gasteiger partial charge >= 0.3 is 0 Å². The summed E-state index contributed by atoms with van der Waals surface area (Å²) in [6.07, 6.45) is 4.83. The average molecular weight is 156 g/mol. The molecule has 11 heavy (non-hydrogen) atoms. The molecule has 1 saturated heterocycles. The maximum Gasteiger partial charge on any atom is 0.102 e. The van der Waals surface area contributed by atoms with Crippen LogP contribution in [0.5, 0.6) is 0 Å². The summed E-state index contributed by atoms with van der Waals surface area (Å²) in [7, 11) is 1.71. The van der Waals surface area contributed by atoms with Crippen molar-refractivity contribution in [3.8, 4) is 0 Å². The number of ether oxygens (including phenoxy) is 2. The minimum Gasteiger partial charge on any atom is -0.375 e. The number of hydrogen-bond acceptors (Lipinski definition) is 2. The minimum atomic E-state index is -0.161.